The highest BCUT2D eigenvalue weighted by Gasteiger charge is 2.21. The Hall–Kier alpha value is -2.30. The number of hydrogen-bond acceptors (Lipinski definition) is 3. The number of aromatic amines is 1. The molecule has 0 bridgehead atoms. The van der Waals surface area contributed by atoms with Gasteiger partial charge in [-0.25, -0.2) is 0 Å². The van der Waals surface area contributed by atoms with Gasteiger partial charge in [0.15, 0.2) is 0 Å². The van der Waals surface area contributed by atoms with Crippen LogP contribution in [0.2, 0.25) is 5.02 Å². The number of nitrogens with two attached hydrogens (primary N) is 1. The van der Waals surface area contributed by atoms with Crippen molar-refractivity contribution in [2.24, 2.45) is 5.73 Å². The molecule has 148 valence electrons. The molecular formula is C23H27ClN2O2. The van der Waals surface area contributed by atoms with Crippen LogP contribution in [0.15, 0.2) is 53.5 Å². The van der Waals surface area contributed by atoms with E-state index in [4.69, 9.17) is 22.1 Å². The van der Waals surface area contributed by atoms with Gasteiger partial charge in [0.25, 0.3) is 5.56 Å². The second-order valence-electron chi connectivity index (χ2n) is 7.49. The van der Waals surface area contributed by atoms with Crippen LogP contribution in [-0.2, 0) is 0 Å². The zero-order chi connectivity index (χ0) is 20.1. The molecule has 0 radical (unpaired) electrons. The first-order valence-corrected chi connectivity index (χ1v) is 10.1. The smallest absolute Gasteiger partial charge is 0.255 e. The molecule has 2 aromatic carbocycles. The molecule has 1 heterocycles. The van der Waals surface area contributed by atoms with Crippen molar-refractivity contribution in [3.8, 4) is 5.75 Å². The number of ether oxygens (including phenoxy) is 1. The highest BCUT2D eigenvalue weighted by molar-refractivity contribution is 6.32. The lowest BCUT2D eigenvalue weighted by Crippen LogP contribution is -2.31. The van der Waals surface area contributed by atoms with E-state index in [2.05, 4.69) is 43.1 Å². The number of aryl methyl sites for hydroxylation is 2. The predicted molar refractivity (Wildman–Crippen MR) is 116 cm³/mol. The van der Waals surface area contributed by atoms with Crippen LogP contribution in [0, 0.1) is 13.8 Å². The summed E-state index contributed by atoms with van der Waals surface area (Å²) in [7, 11) is 0. The molecule has 1 aromatic heterocycles. The Labute approximate surface area is 170 Å². The third kappa shape index (κ3) is 5.37. The monoisotopic (exact) mass is 398 g/mol. The summed E-state index contributed by atoms with van der Waals surface area (Å²) in [5, 5.41) is 1.89. The van der Waals surface area contributed by atoms with Crippen LogP contribution in [0.25, 0.3) is 10.8 Å². The predicted octanol–water partition coefficient (Wildman–Crippen LogP) is 5.13. The number of benzene rings is 2. The fourth-order valence-corrected chi connectivity index (χ4v) is 3.68. The van der Waals surface area contributed by atoms with Crippen LogP contribution in [0.3, 0.4) is 0 Å². The van der Waals surface area contributed by atoms with Crippen molar-refractivity contribution in [2.75, 3.05) is 0 Å². The molecule has 4 nitrogen and oxygen atoms in total. The van der Waals surface area contributed by atoms with E-state index in [-0.39, 0.29) is 11.7 Å². The summed E-state index contributed by atoms with van der Waals surface area (Å²) in [6, 6.07) is 14.1. The fraction of sp³-hybridized carbons (Fsp3) is 0.348. The highest BCUT2D eigenvalue weighted by Crippen LogP contribution is 2.31. The van der Waals surface area contributed by atoms with Gasteiger partial charge >= 0.3 is 0 Å². The molecular weight excluding hydrogens is 372 g/mol. The van der Waals surface area contributed by atoms with Gasteiger partial charge in [-0.1, -0.05) is 47.0 Å². The molecule has 0 amide bonds. The molecule has 5 heteroatoms. The summed E-state index contributed by atoms with van der Waals surface area (Å²) in [5.41, 5.74) is 8.43. The largest absolute Gasteiger partial charge is 0.489 e. The Bertz CT molecular complexity index is 974. The molecule has 1 saturated carbocycles. The number of hydrogen-bond donors (Lipinski definition) is 2. The van der Waals surface area contributed by atoms with E-state index in [0.717, 1.165) is 31.1 Å². The summed E-state index contributed by atoms with van der Waals surface area (Å²) < 4.78 is 5.98. The highest BCUT2D eigenvalue weighted by atomic mass is 35.5. The van der Waals surface area contributed by atoms with E-state index in [1.807, 2.05) is 12.1 Å². The lowest BCUT2D eigenvalue weighted by molar-refractivity contribution is 0.147. The zero-order valence-electron chi connectivity index (χ0n) is 16.4. The maximum absolute atomic E-state index is 11.7. The molecule has 0 unspecified atom stereocenters. The van der Waals surface area contributed by atoms with E-state index >= 15 is 0 Å². The second kappa shape index (κ2) is 9.26. The Balaban J connectivity index is 0.000000236. The minimum atomic E-state index is -0.139. The molecule has 1 aliphatic carbocycles. The first-order chi connectivity index (χ1) is 13.4. The zero-order valence-corrected chi connectivity index (χ0v) is 17.1. The van der Waals surface area contributed by atoms with Gasteiger partial charge in [0.05, 0.1) is 11.1 Å². The Kier molecular flexibility index (Phi) is 6.76. The van der Waals surface area contributed by atoms with Crippen LogP contribution in [-0.4, -0.2) is 17.1 Å². The van der Waals surface area contributed by atoms with Gasteiger partial charge in [-0.15, -0.1) is 0 Å². The quantitative estimate of drug-likeness (QED) is 0.628. The van der Waals surface area contributed by atoms with Crippen molar-refractivity contribution in [1.82, 2.24) is 4.98 Å². The van der Waals surface area contributed by atoms with Gasteiger partial charge in [-0.3, -0.25) is 4.79 Å². The van der Waals surface area contributed by atoms with Crippen molar-refractivity contribution in [3.63, 3.8) is 0 Å². The SMILES string of the molecule is Cc1cccc(C)c1.NC1CCC(Oc2cc3cc[nH]c(=O)c3cc2Cl)CC1. The molecule has 28 heavy (non-hydrogen) atoms. The van der Waals surface area contributed by atoms with Crippen molar-refractivity contribution < 1.29 is 4.74 Å². The Morgan fingerprint density at radius 1 is 1.04 bits per heavy atom. The minimum Gasteiger partial charge on any atom is -0.489 e. The van der Waals surface area contributed by atoms with Gasteiger partial charge in [-0.05, 0) is 63.1 Å². The van der Waals surface area contributed by atoms with Gasteiger partial charge in [0.1, 0.15) is 5.75 Å². The number of H-pyrrole nitrogens is 1. The van der Waals surface area contributed by atoms with E-state index in [1.165, 1.54) is 11.1 Å². The lowest BCUT2D eigenvalue weighted by atomic mass is 9.94. The molecule has 3 aromatic rings. The van der Waals surface area contributed by atoms with Crippen LogP contribution >= 0.6 is 11.6 Å². The minimum absolute atomic E-state index is 0.139. The molecule has 3 N–H and O–H groups in total. The third-order valence-electron chi connectivity index (χ3n) is 5.01. The van der Waals surface area contributed by atoms with Crippen molar-refractivity contribution >= 4 is 22.4 Å². The lowest BCUT2D eigenvalue weighted by Gasteiger charge is -2.27. The average molecular weight is 399 g/mol. The Morgan fingerprint density at radius 2 is 1.71 bits per heavy atom. The van der Waals surface area contributed by atoms with E-state index in [1.54, 1.807) is 12.3 Å². The molecule has 0 saturated heterocycles. The van der Waals surface area contributed by atoms with Gasteiger partial charge < -0.3 is 15.5 Å². The first kappa shape index (κ1) is 20.4. The number of nitrogens with one attached hydrogen (secondary N) is 1. The second-order valence-corrected chi connectivity index (χ2v) is 7.90. The first-order valence-electron chi connectivity index (χ1n) is 9.69. The van der Waals surface area contributed by atoms with Gasteiger partial charge in [-0.2, -0.15) is 0 Å². The van der Waals surface area contributed by atoms with Crippen LogP contribution < -0.4 is 16.0 Å². The molecule has 0 aliphatic heterocycles. The number of aromatic nitrogens is 1. The maximum atomic E-state index is 11.7. The molecule has 1 aliphatic rings. The topological polar surface area (TPSA) is 68.1 Å². The van der Waals surface area contributed by atoms with E-state index < -0.39 is 0 Å². The molecule has 1 fully saturated rings. The van der Waals surface area contributed by atoms with Gasteiger partial charge in [0, 0.05) is 17.6 Å². The van der Waals surface area contributed by atoms with Crippen molar-refractivity contribution in [3.05, 3.63) is 75.2 Å². The average Bonchev–Trinajstić information content (AvgIpc) is 2.65. The molecule has 0 spiro atoms. The number of rotatable bonds is 2. The summed E-state index contributed by atoms with van der Waals surface area (Å²) in [6.07, 6.45) is 5.65. The maximum Gasteiger partial charge on any atom is 0.255 e. The van der Waals surface area contributed by atoms with Crippen molar-refractivity contribution in [1.29, 1.82) is 0 Å². The number of pyridine rings is 1. The molecule has 0 atom stereocenters. The third-order valence-corrected chi connectivity index (χ3v) is 5.31. The van der Waals surface area contributed by atoms with Crippen LogP contribution in [0.5, 0.6) is 5.75 Å². The summed E-state index contributed by atoms with van der Waals surface area (Å²) in [5.74, 6) is 0.644. The van der Waals surface area contributed by atoms with Crippen LogP contribution in [0.4, 0.5) is 0 Å². The van der Waals surface area contributed by atoms with Gasteiger partial charge in [0.2, 0.25) is 0 Å². The van der Waals surface area contributed by atoms with Crippen LogP contribution in [0.1, 0.15) is 36.8 Å². The van der Waals surface area contributed by atoms with E-state index in [0.29, 0.717) is 22.2 Å². The molecule has 4 rings (SSSR count). The number of fused-ring (bicyclic) bond motifs is 1. The van der Waals surface area contributed by atoms with E-state index in [9.17, 15) is 4.79 Å². The number of halogens is 1. The summed E-state index contributed by atoms with van der Waals surface area (Å²) in [4.78, 5) is 14.3. The fourth-order valence-electron chi connectivity index (χ4n) is 3.47. The standard InChI is InChI=1S/C15H17ClN2O2.C8H10/c16-13-8-12-9(5-6-18-15(12)19)7-14(13)20-11-3-1-10(17)2-4-11;1-7-4-3-5-8(2)6-7/h5-8,10-11H,1-4,17H2,(H,18,19);3-6H,1-2H3. The van der Waals surface area contributed by atoms with Crippen molar-refractivity contribution in [2.45, 2.75) is 51.7 Å². The normalized spacial score (nSPS) is 19.0. The summed E-state index contributed by atoms with van der Waals surface area (Å²) >= 11 is 6.22. The summed E-state index contributed by atoms with van der Waals surface area (Å²) in [6.45, 7) is 4.21. The Morgan fingerprint density at radius 3 is 2.32 bits per heavy atom.